The maximum atomic E-state index is 12.2. The van der Waals surface area contributed by atoms with Crippen molar-refractivity contribution in [2.45, 2.75) is 6.92 Å². The minimum absolute atomic E-state index is 0.0891. The first-order valence-corrected chi connectivity index (χ1v) is 8.66. The zero-order valence-electron chi connectivity index (χ0n) is 14.1. The van der Waals surface area contributed by atoms with Crippen molar-refractivity contribution >= 4 is 46.7 Å². The number of allylic oxidation sites excluding steroid dienone is 1. The van der Waals surface area contributed by atoms with Gasteiger partial charge in [0.25, 0.3) is 5.91 Å². The zero-order chi connectivity index (χ0) is 19.0. The second kappa shape index (κ2) is 7.01. The highest BCUT2D eigenvalue weighted by Gasteiger charge is 2.44. The van der Waals surface area contributed by atoms with Crippen LogP contribution in [0, 0.1) is 18.8 Å². The first-order valence-electron chi connectivity index (χ1n) is 7.88. The number of hydrogen-bond donors (Lipinski definition) is 2. The number of carbonyl (C=O) groups excluding carboxylic acids is 3. The number of halogens is 1. The molecule has 3 rings (SSSR count). The van der Waals surface area contributed by atoms with Crippen molar-refractivity contribution in [2.75, 3.05) is 7.05 Å². The number of carbonyl (C=O) groups is 3. The summed E-state index contributed by atoms with van der Waals surface area (Å²) in [6, 6.07) is 4.97. The van der Waals surface area contributed by atoms with Gasteiger partial charge in [0.05, 0.1) is 11.8 Å². The van der Waals surface area contributed by atoms with Crippen LogP contribution in [0.25, 0.3) is 0 Å². The van der Waals surface area contributed by atoms with E-state index in [2.05, 4.69) is 10.6 Å². The van der Waals surface area contributed by atoms with E-state index in [0.717, 1.165) is 10.5 Å². The lowest BCUT2D eigenvalue weighted by molar-refractivity contribution is -0.137. The fourth-order valence-corrected chi connectivity index (χ4v) is 3.24. The molecule has 0 spiro atoms. The summed E-state index contributed by atoms with van der Waals surface area (Å²) in [5.41, 5.74) is 1.81. The van der Waals surface area contributed by atoms with Crippen LogP contribution in [0.4, 0.5) is 0 Å². The maximum Gasteiger partial charge on any atom is 0.257 e. The molecule has 6 nitrogen and oxygen atoms in total. The molecule has 8 heteroatoms. The molecule has 26 heavy (non-hydrogen) atoms. The van der Waals surface area contributed by atoms with E-state index in [1.807, 2.05) is 6.92 Å². The van der Waals surface area contributed by atoms with Crippen LogP contribution in [0.1, 0.15) is 15.9 Å². The third kappa shape index (κ3) is 3.40. The number of hydrogen-bond acceptors (Lipinski definition) is 4. The third-order valence-electron chi connectivity index (χ3n) is 4.38. The molecule has 1 heterocycles. The first-order chi connectivity index (χ1) is 12.3. The molecule has 1 aromatic carbocycles. The van der Waals surface area contributed by atoms with E-state index in [1.165, 1.54) is 7.05 Å². The Balaban J connectivity index is 1.65. The summed E-state index contributed by atoms with van der Waals surface area (Å²) in [6.45, 7) is 1.85. The van der Waals surface area contributed by atoms with Crippen molar-refractivity contribution < 1.29 is 14.4 Å². The van der Waals surface area contributed by atoms with E-state index < -0.39 is 17.7 Å². The predicted molar refractivity (Wildman–Crippen MR) is 101 cm³/mol. The minimum atomic E-state index is -0.547. The monoisotopic (exact) mass is 389 g/mol. The number of likely N-dealkylation sites (tertiary alicyclic amines) is 1. The molecular formula is C18H16ClN3O3S. The van der Waals surface area contributed by atoms with Gasteiger partial charge < -0.3 is 5.32 Å². The molecule has 1 saturated heterocycles. The number of nitrogens with zero attached hydrogens (tertiary/aromatic N) is 1. The van der Waals surface area contributed by atoms with Crippen LogP contribution in [0.2, 0.25) is 5.02 Å². The standard InChI is InChI=1S/C18H16ClN3O3S/c1-9-3-4-10(7-14(9)19)15(23)21-18(26)20-11-5-6-12-13(8-11)17(25)22(2)16(12)24/h3-8,12-13H,1-2H3,(H2,20,21,23,26)/t12-,13+/m0/s1. The van der Waals surface area contributed by atoms with Gasteiger partial charge in [0.2, 0.25) is 11.8 Å². The highest BCUT2D eigenvalue weighted by atomic mass is 35.5. The molecular weight excluding hydrogens is 374 g/mol. The van der Waals surface area contributed by atoms with Gasteiger partial charge in [-0.1, -0.05) is 23.7 Å². The second-order valence-corrected chi connectivity index (χ2v) is 6.96. The van der Waals surface area contributed by atoms with E-state index in [0.29, 0.717) is 16.3 Å². The van der Waals surface area contributed by atoms with Gasteiger partial charge in [0, 0.05) is 23.3 Å². The Hall–Kier alpha value is -2.51. The Bertz CT molecular complexity index is 894. The number of imide groups is 1. The van der Waals surface area contributed by atoms with Crippen molar-refractivity contribution in [1.82, 2.24) is 15.5 Å². The fraction of sp³-hybridized carbons (Fsp3) is 0.222. The Labute approximate surface area is 160 Å². The first kappa shape index (κ1) is 18.3. The van der Waals surface area contributed by atoms with Crippen molar-refractivity contribution in [3.63, 3.8) is 0 Å². The number of thiocarbonyl (C=S) groups is 1. The van der Waals surface area contributed by atoms with Crippen LogP contribution >= 0.6 is 23.8 Å². The van der Waals surface area contributed by atoms with Crippen LogP contribution < -0.4 is 10.6 Å². The lowest BCUT2D eigenvalue weighted by Gasteiger charge is -2.17. The average Bonchev–Trinajstić information content (AvgIpc) is 2.81. The Morgan fingerprint density at radius 1 is 1.23 bits per heavy atom. The fourth-order valence-electron chi connectivity index (χ4n) is 2.85. The van der Waals surface area contributed by atoms with Gasteiger partial charge in [0.15, 0.2) is 5.11 Å². The van der Waals surface area contributed by atoms with Gasteiger partial charge in [0.1, 0.15) is 0 Å². The molecule has 1 fully saturated rings. The number of fused-ring (bicyclic) bond motifs is 1. The largest absolute Gasteiger partial charge is 0.333 e. The highest BCUT2D eigenvalue weighted by molar-refractivity contribution is 7.80. The summed E-state index contributed by atoms with van der Waals surface area (Å²) in [5, 5.41) is 6.02. The third-order valence-corrected chi connectivity index (χ3v) is 4.99. The van der Waals surface area contributed by atoms with Crippen molar-refractivity contribution in [1.29, 1.82) is 0 Å². The van der Waals surface area contributed by atoms with Crippen molar-refractivity contribution in [2.24, 2.45) is 11.8 Å². The van der Waals surface area contributed by atoms with E-state index in [9.17, 15) is 14.4 Å². The zero-order valence-corrected chi connectivity index (χ0v) is 15.6. The lowest BCUT2D eigenvalue weighted by atomic mass is 9.90. The lowest BCUT2D eigenvalue weighted by Crippen LogP contribution is -2.39. The Morgan fingerprint density at radius 3 is 2.62 bits per heavy atom. The minimum Gasteiger partial charge on any atom is -0.333 e. The summed E-state index contributed by atoms with van der Waals surface area (Å²) < 4.78 is 0. The molecule has 1 aliphatic carbocycles. The Kier molecular flexibility index (Phi) is 4.93. The molecule has 0 saturated carbocycles. The van der Waals surface area contributed by atoms with Crippen LogP contribution in [-0.4, -0.2) is 34.8 Å². The van der Waals surface area contributed by atoms with Gasteiger partial charge in [-0.25, -0.2) is 0 Å². The van der Waals surface area contributed by atoms with Crippen molar-refractivity contribution in [3.8, 4) is 0 Å². The molecule has 0 aromatic heterocycles. The van der Waals surface area contributed by atoms with Crippen LogP contribution in [0.3, 0.4) is 0 Å². The molecule has 2 N–H and O–H groups in total. The van der Waals surface area contributed by atoms with Crippen LogP contribution in [0.5, 0.6) is 0 Å². The second-order valence-electron chi connectivity index (χ2n) is 6.14. The van der Waals surface area contributed by atoms with Gasteiger partial charge in [-0.05, 0) is 49.0 Å². The maximum absolute atomic E-state index is 12.2. The van der Waals surface area contributed by atoms with Gasteiger partial charge in [-0.2, -0.15) is 0 Å². The smallest absolute Gasteiger partial charge is 0.257 e. The van der Waals surface area contributed by atoms with E-state index in [4.69, 9.17) is 23.8 Å². The van der Waals surface area contributed by atoms with Gasteiger partial charge in [-0.3, -0.25) is 24.6 Å². The number of benzene rings is 1. The van der Waals surface area contributed by atoms with Gasteiger partial charge >= 0.3 is 0 Å². The summed E-state index contributed by atoms with van der Waals surface area (Å²) in [7, 11) is 1.47. The van der Waals surface area contributed by atoms with Crippen LogP contribution in [-0.2, 0) is 9.59 Å². The van der Waals surface area contributed by atoms with Crippen molar-refractivity contribution in [3.05, 3.63) is 58.3 Å². The van der Waals surface area contributed by atoms with E-state index >= 15 is 0 Å². The highest BCUT2D eigenvalue weighted by Crippen LogP contribution is 2.31. The summed E-state index contributed by atoms with van der Waals surface area (Å²) in [6.07, 6.45) is 4.99. The molecule has 0 bridgehead atoms. The number of rotatable bonds is 2. The predicted octanol–water partition coefficient (Wildman–Crippen LogP) is 1.94. The van der Waals surface area contributed by atoms with Gasteiger partial charge in [-0.15, -0.1) is 0 Å². The quantitative estimate of drug-likeness (QED) is 0.597. The van der Waals surface area contributed by atoms with Crippen LogP contribution in [0.15, 0.2) is 42.1 Å². The normalized spacial score (nSPS) is 21.3. The summed E-state index contributed by atoms with van der Waals surface area (Å²) in [5.74, 6) is -1.90. The Morgan fingerprint density at radius 2 is 1.92 bits per heavy atom. The van der Waals surface area contributed by atoms with E-state index in [1.54, 1.807) is 36.4 Å². The molecule has 2 aliphatic rings. The molecule has 0 unspecified atom stereocenters. The van der Waals surface area contributed by atoms with E-state index in [-0.39, 0.29) is 16.9 Å². The topological polar surface area (TPSA) is 78.5 Å². The molecule has 134 valence electrons. The molecule has 1 aromatic rings. The molecule has 0 radical (unpaired) electrons. The number of aryl methyl sites for hydroxylation is 1. The SMILES string of the molecule is Cc1ccc(C(=O)NC(=S)NC2=C[C@H]3C(=O)N(C)C(=O)[C@H]3C=C2)cc1Cl. The molecule has 1 aliphatic heterocycles. The average molecular weight is 390 g/mol. The summed E-state index contributed by atoms with van der Waals surface area (Å²) in [4.78, 5) is 37.4. The molecule has 3 amide bonds. The number of nitrogens with one attached hydrogen (secondary N) is 2. The summed E-state index contributed by atoms with van der Waals surface area (Å²) >= 11 is 11.2. The molecule has 2 atom stereocenters. The number of amides is 3.